The van der Waals surface area contributed by atoms with Gasteiger partial charge in [0.2, 0.25) is 0 Å². The molecule has 0 aliphatic heterocycles. The molecule has 1 aromatic carbocycles. The normalized spacial score (nSPS) is 13.4. The summed E-state index contributed by atoms with van der Waals surface area (Å²) in [5.74, 6) is 0. The second-order valence-electron chi connectivity index (χ2n) is 8.45. The first-order valence-corrected chi connectivity index (χ1v) is 17.6. The van der Waals surface area contributed by atoms with Gasteiger partial charge < -0.3 is 0 Å². The summed E-state index contributed by atoms with van der Waals surface area (Å²) >= 11 is 0. The lowest BCUT2D eigenvalue weighted by Crippen LogP contribution is -2.22. The van der Waals surface area contributed by atoms with Crippen LogP contribution in [0.4, 0.5) is 0 Å². The molecule has 0 amide bonds. The van der Waals surface area contributed by atoms with Gasteiger partial charge in [-0.15, -0.1) is 0 Å². The lowest BCUT2D eigenvalue weighted by molar-refractivity contribution is 0.608. The summed E-state index contributed by atoms with van der Waals surface area (Å²) in [6, 6.07) is 7.80. The summed E-state index contributed by atoms with van der Waals surface area (Å²) in [6.07, 6.45) is 1.77. The van der Waals surface area contributed by atoms with Crippen LogP contribution in [0.1, 0.15) is 11.1 Å². The lowest BCUT2D eigenvalue weighted by Gasteiger charge is -2.21. The van der Waals surface area contributed by atoms with Gasteiger partial charge in [0.15, 0.2) is 0 Å². The molecule has 0 aliphatic carbocycles. The molecule has 0 aromatic heterocycles. The van der Waals surface area contributed by atoms with E-state index in [2.05, 4.69) is 45.3 Å². The van der Waals surface area contributed by atoms with Gasteiger partial charge in [-0.3, -0.25) is 0 Å². The summed E-state index contributed by atoms with van der Waals surface area (Å²) in [5.41, 5.74) is 2.13. The molecule has 6 heteroatoms. The van der Waals surface area contributed by atoms with Crippen molar-refractivity contribution in [2.75, 3.05) is 0 Å². The Bertz CT molecular complexity index is 614. The van der Waals surface area contributed by atoms with Crippen LogP contribution in [0, 0.1) is 0 Å². The molecule has 0 saturated carbocycles. The summed E-state index contributed by atoms with van der Waals surface area (Å²) in [7, 11) is -0.404. The number of hydrogen-bond acceptors (Lipinski definition) is 2. The molecule has 2 nitrogen and oxygen atoms in total. The van der Waals surface area contributed by atoms with Crippen molar-refractivity contribution in [3.63, 3.8) is 0 Å². The third-order valence-corrected chi connectivity index (χ3v) is 8.67. The lowest BCUT2D eigenvalue weighted by atomic mass is 10.0. The Labute approximate surface area is 142 Å². The van der Waals surface area contributed by atoms with E-state index in [0.717, 1.165) is 24.4 Å². The van der Waals surface area contributed by atoms with Crippen molar-refractivity contribution in [2.24, 2.45) is 0 Å². The summed E-state index contributed by atoms with van der Waals surface area (Å²) in [5, 5.41) is 0. The Kier molecular flexibility index (Phi) is 6.52. The fourth-order valence-electron chi connectivity index (χ4n) is 2.37. The highest BCUT2D eigenvalue weighted by atomic mass is 35.7. The summed E-state index contributed by atoms with van der Waals surface area (Å²) in [4.78, 5) is 0.320. The molecular weight excluding hydrogens is 348 g/mol. The van der Waals surface area contributed by atoms with Crippen molar-refractivity contribution in [3.8, 4) is 0 Å². The first kappa shape index (κ1) is 19.9. The third kappa shape index (κ3) is 6.98. The molecule has 0 atom stereocenters. The van der Waals surface area contributed by atoms with Gasteiger partial charge in [0.25, 0.3) is 9.05 Å². The van der Waals surface area contributed by atoms with Crippen LogP contribution in [0.5, 0.6) is 0 Å². The van der Waals surface area contributed by atoms with Crippen molar-refractivity contribution in [2.45, 2.75) is 69.1 Å². The second-order valence-corrected chi connectivity index (χ2v) is 22.2. The van der Waals surface area contributed by atoms with E-state index in [1.807, 2.05) is 6.07 Å². The molecule has 0 unspecified atom stereocenters. The monoisotopic (exact) mass is 376 g/mol. The predicted molar refractivity (Wildman–Crippen MR) is 103 cm³/mol. The largest absolute Gasteiger partial charge is 0.261 e. The van der Waals surface area contributed by atoms with E-state index in [4.69, 9.17) is 10.7 Å². The van der Waals surface area contributed by atoms with Gasteiger partial charge >= 0.3 is 0 Å². The maximum Gasteiger partial charge on any atom is 0.261 e. The van der Waals surface area contributed by atoms with Crippen LogP contribution in [0.2, 0.25) is 51.4 Å². The average molecular weight is 377 g/mol. The smallest absolute Gasteiger partial charge is 0.207 e. The molecule has 1 aromatic rings. The van der Waals surface area contributed by atoms with Gasteiger partial charge in [-0.2, -0.15) is 0 Å². The minimum absolute atomic E-state index is 0.320. The first-order valence-electron chi connectivity index (χ1n) is 7.85. The van der Waals surface area contributed by atoms with E-state index >= 15 is 0 Å². The third-order valence-electron chi connectivity index (χ3n) is 3.76. The van der Waals surface area contributed by atoms with Gasteiger partial charge in [0.1, 0.15) is 0 Å². The topological polar surface area (TPSA) is 34.1 Å². The van der Waals surface area contributed by atoms with E-state index in [9.17, 15) is 8.42 Å². The standard InChI is InChI=1S/C16H29ClO2SSi2/c1-21(2,3)12-10-14-8-7-9-16(20(17,18)19)15(14)11-13-22(4,5)6/h7-9H,10-13H2,1-6H3. The molecule has 126 valence electrons. The molecule has 0 aliphatic rings. The number of benzene rings is 1. The van der Waals surface area contributed by atoms with Crippen LogP contribution < -0.4 is 0 Å². The average Bonchev–Trinajstić information content (AvgIpc) is 2.30. The van der Waals surface area contributed by atoms with Crippen LogP contribution in [-0.4, -0.2) is 24.6 Å². The van der Waals surface area contributed by atoms with Crippen LogP contribution in [0.25, 0.3) is 0 Å². The van der Waals surface area contributed by atoms with Crippen molar-refractivity contribution in [3.05, 3.63) is 29.3 Å². The summed E-state index contributed by atoms with van der Waals surface area (Å²) < 4.78 is 23.8. The molecule has 0 heterocycles. The maximum atomic E-state index is 11.9. The van der Waals surface area contributed by atoms with E-state index in [1.54, 1.807) is 6.07 Å². The van der Waals surface area contributed by atoms with Gasteiger partial charge in [-0.1, -0.05) is 63.5 Å². The molecule has 0 fully saturated rings. The first-order chi connectivity index (χ1) is 9.80. The molecule has 0 N–H and O–H groups in total. The van der Waals surface area contributed by atoms with E-state index in [1.165, 1.54) is 11.6 Å². The van der Waals surface area contributed by atoms with Gasteiger partial charge in [0.05, 0.1) is 4.90 Å². The molecule has 0 spiro atoms. The highest BCUT2D eigenvalue weighted by molar-refractivity contribution is 8.13. The Balaban J connectivity index is 3.20. The van der Waals surface area contributed by atoms with Crippen molar-refractivity contribution in [1.29, 1.82) is 0 Å². The van der Waals surface area contributed by atoms with Crippen molar-refractivity contribution in [1.82, 2.24) is 0 Å². The van der Waals surface area contributed by atoms with Crippen LogP contribution in [-0.2, 0) is 21.9 Å². The summed E-state index contributed by atoms with van der Waals surface area (Å²) in [6.45, 7) is 14.0. The van der Waals surface area contributed by atoms with Crippen LogP contribution in [0.15, 0.2) is 23.1 Å². The van der Waals surface area contributed by atoms with Gasteiger partial charge in [-0.25, -0.2) is 8.42 Å². The second kappa shape index (κ2) is 7.20. The van der Waals surface area contributed by atoms with E-state index < -0.39 is 25.2 Å². The molecule has 22 heavy (non-hydrogen) atoms. The molecule has 0 radical (unpaired) electrons. The van der Waals surface area contributed by atoms with Crippen molar-refractivity contribution >= 4 is 35.9 Å². The zero-order chi connectivity index (χ0) is 17.2. The zero-order valence-corrected chi connectivity index (χ0v) is 18.2. The predicted octanol–water partition coefficient (Wildman–Crippen LogP) is 5.38. The number of rotatable bonds is 7. The Morgan fingerprint density at radius 1 is 0.909 bits per heavy atom. The fourth-order valence-corrected chi connectivity index (χ4v) is 5.59. The Morgan fingerprint density at radius 3 is 1.86 bits per heavy atom. The quantitative estimate of drug-likeness (QED) is 0.473. The molecule has 0 saturated heterocycles. The molecular formula is C16H29ClO2SSi2. The van der Waals surface area contributed by atoms with E-state index in [-0.39, 0.29) is 0 Å². The minimum atomic E-state index is -3.68. The highest BCUT2D eigenvalue weighted by Gasteiger charge is 2.22. The SMILES string of the molecule is C[Si](C)(C)CCc1cccc(S(=O)(=O)Cl)c1CC[Si](C)(C)C. The highest BCUT2D eigenvalue weighted by Crippen LogP contribution is 2.28. The Hall–Kier alpha value is -0.106. The molecule has 0 bridgehead atoms. The minimum Gasteiger partial charge on any atom is -0.207 e. The van der Waals surface area contributed by atoms with Crippen molar-refractivity contribution < 1.29 is 8.42 Å². The fraction of sp³-hybridized carbons (Fsp3) is 0.625. The number of aryl methyl sites for hydroxylation is 1. The maximum absolute atomic E-state index is 11.9. The zero-order valence-electron chi connectivity index (χ0n) is 14.7. The van der Waals surface area contributed by atoms with Crippen LogP contribution >= 0.6 is 10.7 Å². The number of hydrogen-bond donors (Lipinski definition) is 0. The molecule has 1 rings (SSSR count). The van der Waals surface area contributed by atoms with Gasteiger partial charge in [0, 0.05) is 26.8 Å². The van der Waals surface area contributed by atoms with Crippen LogP contribution in [0.3, 0.4) is 0 Å². The van der Waals surface area contributed by atoms with E-state index in [0.29, 0.717) is 4.90 Å². The Morgan fingerprint density at radius 2 is 1.41 bits per heavy atom. The number of halogens is 1. The van der Waals surface area contributed by atoms with Gasteiger partial charge in [-0.05, 0) is 30.0 Å².